The zero-order chi connectivity index (χ0) is 19.2. The van der Waals surface area contributed by atoms with Gasteiger partial charge in [-0.1, -0.05) is 41.6 Å². The highest BCUT2D eigenvalue weighted by Gasteiger charge is 2.30. The largest absolute Gasteiger partial charge is 0.476 e. The number of carbonyl (C=O) groups is 2. The molecule has 1 aliphatic rings. The molecule has 3 rings (SSSR count). The number of aromatic nitrogens is 1. The normalized spacial score (nSPS) is 16.9. The molecule has 1 amide bonds. The number of nitrogens with zero attached hydrogens (tertiary/aromatic N) is 2. The second kappa shape index (κ2) is 9.34. The lowest BCUT2D eigenvalue weighted by Crippen LogP contribution is -2.41. The van der Waals surface area contributed by atoms with Crippen molar-refractivity contribution >= 4 is 35.0 Å². The van der Waals surface area contributed by atoms with Crippen molar-refractivity contribution in [2.45, 2.75) is 36.7 Å². The standard InChI is InChI=1S/C19H23N3O3S2/c1-13-2-4-14(5-3-13)10-20-11-15-6-7-17(23)22(15)8-9-26-19-21-16(12-27-19)18(24)25/h2-5,12,15,20H,6-11H2,1H3,(H,24,25). The first kappa shape index (κ1) is 19.9. The molecule has 144 valence electrons. The Kier molecular flexibility index (Phi) is 6.87. The number of aryl methyl sites for hydroxylation is 1. The van der Waals surface area contributed by atoms with Gasteiger partial charge in [-0.3, -0.25) is 4.79 Å². The summed E-state index contributed by atoms with van der Waals surface area (Å²) in [6.45, 7) is 4.31. The van der Waals surface area contributed by atoms with Gasteiger partial charge in [0.05, 0.1) is 0 Å². The minimum absolute atomic E-state index is 0.0814. The van der Waals surface area contributed by atoms with Gasteiger partial charge in [-0.2, -0.15) is 0 Å². The number of nitrogens with one attached hydrogen (secondary N) is 1. The van der Waals surface area contributed by atoms with Gasteiger partial charge in [0.15, 0.2) is 10.0 Å². The van der Waals surface area contributed by atoms with E-state index in [4.69, 9.17) is 5.11 Å². The number of hydrogen-bond acceptors (Lipinski definition) is 6. The number of carboxylic acids is 1. The zero-order valence-corrected chi connectivity index (χ0v) is 16.8. The average Bonchev–Trinajstić information content (AvgIpc) is 3.25. The summed E-state index contributed by atoms with van der Waals surface area (Å²) in [6, 6.07) is 8.67. The maximum Gasteiger partial charge on any atom is 0.355 e. The van der Waals surface area contributed by atoms with Gasteiger partial charge in [-0.15, -0.1) is 11.3 Å². The van der Waals surface area contributed by atoms with Crippen molar-refractivity contribution in [3.05, 3.63) is 46.5 Å². The molecular formula is C19H23N3O3S2. The minimum Gasteiger partial charge on any atom is -0.476 e. The summed E-state index contributed by atoms with van der Waals surface area (Å²) in [5, 5.41) is 13.9. The molecule has 1 fully saturated rings. The molecule has 0 aliphatic carbocycles. The summed E-state index contributed by atoms with van der Waals surface area (Å²) >= 11 is 2.83. The van der Waals surface area contributed by atoms with Gasteiger partial charge in [0.2, 0.25) is 5.91 Å². The van der Waals surface area contributed by atoms with Crippen LogP contribution in [0.1, 0.15) is 34.5 Å². The number of thiazole rings is 1. The lowest BCUT2D eigenvalue weighted by molar-refractivity contribution is -0.128. The first-order valence-corrected chi connectivity index (χ1v) is 10.8. The van der Waals surface area contributed by atoms with Gasteiger partial charge in [0.1, 0.15) is 0 Å². The number of hydrogen-bond donors (Lipinski definition) is 2. The van der Waals surface area contributed by atoms with Crippen molar-refractivity contribution in [3.8, 4) is 0 Å². The monoisotopic (exact) mass is 405 g/mol. The van der Waals surface area contributed by atoms with E-state index in [9.17, 15) is 9.59 Å². The molecule has 2 aromatic rings. The Morgan fingerprint density at radius 3 is 2.89 bits per heavy atom. The van der Waals surface area contributed by atoms with Crippen molar-refractivity contribution in [3.63, 3.8) is 0 Å². The molecule has 1 aromatic heterocycles. The van der Waals surface area contributed by atoms with Gasteiger partial charge >= 0.3 is 5.97 Å². The van der Waals surface area contributed by atoms with Crippen LogP contribution in [0, 0.1) is 6.92 Å². The number of likely N-dealkylation sites (tertiary alicyclic amines) is 1. The molecule has 2 N–H and O–H groups in total. The summed E-state index contributed by atoms with van der Waals surface area (Å²) in [7, 11) is 0. The molecule has 1 aromatic carbocycles. The van der Waals surface area contributed by atoms with Gasteiger partial charge in [-0.25, -0.2) is 9.78 Å². The highest BCUT2D eigenvalue weighted by molar-refractivity contribution is 8.01. The number of aromatic carboxylic acids is 1. The van der Waals surface area contributed by atoms with Gasteiger partial charge in [0, 0.05) is 43.2 Å². The Balaban J connectivity index is 1.44. The Morgan fingerprint density at radius 2 is 2.19 bits per heavy atom. The number of thioether (sulfide) groups is 1. The van der Waals surface area contributed by atoms with Crippen LogP contribution in [0.5, 0.6) is 0 Å². The summed E-state index contributed by atoms with van der Waals surface area (Å²) in [6.07, 6.45) is 1.48. The number of carbonyl (C=O) groups excluding carboxylic acids is 1. The van der Waals surface area contributed by atoms with Crippen LogP contribution >= 0.6 is 23.1 Å². The maximum atomic E-state index is 12.2. The molecule has 1 atom stereocenters. The van der Waals surface area contributed by atoms with Gasteiger partial charge in [-0.05, 0) is 18.9 Å². The van der Waals surface area contributed by atoms with Crippen LogP contribution in [-0.2, 0) is 11.3 Å². The van der Waals surface area contributed by atoms with E-state index >= 15 is 0 Å². The first-order chi connectivity index (χ1) is 13.0. The highest BCUT2D eigenvalue weighted by atomic mass is 32.2. The van der Waals surface area contributed by atoms with E-state index in [1.165, 1.54) is 34.2 Å². The summed E-state index contributed by atoms with van der Waals surface area (Å²) in [5.74, 6) is -0.0945. The fourth-order valence-corrected chi connectivity index (χ4v) is 4.86. The lowest BCUT2D eigenvalue weighted by atomic mass is 10.1. The quantitative estimate of drug-likeness (QED) is 0.624. The van der Waals surface area contributed by atoms with Crippen molar-refractivity contribution in [2.75, 3.05) is 18.8 Å². The third-order valence-electron chi connectivity index (χ3n) is 4.54. The topological polar surface area (TPSA) is 82.5 Å². The van der Waals surface area contributed by atoms with E-state index in [2.05, 4.69) is 41.5 Å². The molecule has 1 aliphatic heterocycles. The molecule has 0 bridgehead atoms. The third-order valence-corrected chi connectivity index (χ3v) is 6.54. The summed E-state index contributed by atoms with van der Waals surface area (Å²) in [4.78, 5) is 29.1. The number of amides is 1. The minimum atomic E-state index is -1.01. The molecule has 0 radical (unpaired) electrons. The van der Waals surface area contributed by atoms with E-state index in [-0.39, 0.29) is 17.6 Å². The van der Waals surface area contributed by atoms with Crippen LogP contribution in [0.15, 0.2) is 34.0 Å². The predicted molar refractivity (Wildman–Crippen MR) is 107 cm³/mol. The van der Waals surface area contributed by atoms with E-state index in [1.807, 2.05) is 4.90 Å². The van der Waals surface area contributed by atoms with Crippen molar-refractivity contribution in [1.29, 1.82) is 0 Å². The van der Waals surface area contributed by atoms with E-state index in [0.29, 0.717) is 18.7 Å². The summed E-state index contributed by atoms with van der Waals surface area (Å²) in [5.41, 5.74) is 2.57. The van der Waals surface area contributed by atoms with Gasteiger partial charge in [0.25, 0.3) is 0 Å². The molecule has 8 heteroatoms. The fraction of sp³-hybridized carbons (Fsp3) is 0.421. The molecule has 0 spiro atoms. The Morgan fingerprint density at radius 1 is 1.41 bits per heavy atom. The average molecular weight is 406 g/mol. The van der Waals surface area contributed by atoms with Crippen LogP contribution in [0.2, 0.25) is 0 Å². The molecule has 6 nitrogen and oxygen atoms in total. The molecule has 1 unspecified atom stereocenters. The van der Waals surface area contributed by atoms with Crippen LogP contribution in [-0.4, -0.2) is 51.8 Å². The van der Waals surface area contributed by atoms with Crippen LogP contribution in [0.25, 0.3) is 0 Å². The van der Waals surface area contributed by atoms with E-state index in [1.54, 1.807) is 5.38 Å². The van der Waals surface area contributed by atoms with Crippen molar-refractivity contribution in [1.82, 2.24) is 15.2 Å². The van der Waals surface area contributed by atoms with E-state index in [0.717, 1.165) is 23.8 Å². The molecule has 0 saturated carbocycles. The molecule has 27 heavy (non-hydrogen) atoms. The Labute approximate surface area is 167 Å². The number of rotatable bonds is 9. The van der Waals surface area contributed by atoms with Crippen LogP contribution in [0.3, 0.4) is 0 Å². The molecular weight excluding hydrogens is 382 g/mol. The lowest BCUT2D eigenvalue weighted by Gasteiger charge is -2.25. The molecule has 2 heterocycles. The maximum absolute atomic E-state index is 12.2. The van der Waals surface area contributed by atoms with Gasteiger partial charge < -0.3 is 15.3 Å². The third kappa shape index (κ3) is 5.54. The Hall–Kier alpha value is -1.90. The zero-order valence-electron chi connectivity index (χ0n) is 15.2. The number of benzene rings is 1. The van der Waals surface area contributed by atoms with Crippen molar-refractivity contribution in [2.24, 2.45) is 0 Å². The Bertz CT molecular complexity index is 792. The predicted octanol–water partition coefficient (Wildman–Crippen LogP) is 3.02. The van der Waals surface area contributed by atoms with Crippen LogP contribution < -0.4 is 5.32 Å². The van der Waals surface area contributed by atoms with Crippen LogP contribution in [0.4, 0.5) is 0 Å². The first-order valence-electron chi connectivity index (χ1n) is 8.90. The number of carboxylic acid groups (broad SMARTS) is 1. The van der Waals surface area contributed by atoms with Crippen molar-refractivity contribution < 1.29 is 14.7 Å². The molecule has 1 saturated heterocycles. The second-order valence-corrected chi connectivity index (χ2v) is 8.75. The highest BCUT2D eigenvalue weighted by Crippen LogP contribution is 2.24. The smallest absolute Gasteiger partial charge is 0.355 e. The fourth-order valence-electron chi connectivity index (χ4n) is 3.05. The van der Waals surface area contributed by atoms with E-state index < -0.39 is 5.97 Å². The SMILES string of the molecule is Cc1ccc(CNCC2CCC(=O)N2CCSc2nc(C(=O)O)cs2)cc1. The summed E-state index contributed by atoms with van der Waals surface area (Å²) < 4.78 is 0.730. The second-order valence-electron chi connectivity index (χ2n) is 6.55.